The Balaban J connectivity index is 1.61. The van der Waals surface area contributed by atoms with E-state index in [0.717, 1.165) is 14.7 Å². The molecule has 3 aromatic carbocycles. The van der Waals surface area contributed by atoms with Crippen LogP contribution in [0, 0.1) is 3.57 Å². The molecule has 45 heavy (non-hydrogen) atoms. The maximum absolute atomic E-state index is 14.1. The van der Waals surface area contributed by atoms with Crippen molar-refractivity contribution in [1.82, 2.24) is 4.57 Å². The molecule has 0 fully saturated rings. The number of methoxy groups -OCH3 is 2. The van der Waals surface area contributed by atoms with Crippen LogP contribution >= 0.6 is 33.9 Å². The molecule has 1 aromatic heterocycles. The van der Waals surface area contributed by atoms with E-state index in [9.17, 15) is 9.59 Å². The lowest BCUT2D eigenvalue weighted by molar-refractivity contribution is -0.139. The van der Waals surface area contributed by atoms with Crippen LogP contribution in [0.15, 0.2) is 81.7 Å². The highest BCUT2D eigenvalue weighted by molar-refractivity contribution is 14.1. The van der Waals surface area contributed by atoms with Crippen molar-refractivity contribution in [2.75, 3.05) is 27.4 Å². The summed E-state index contributed by atoms with van der Waals surface area (Å²) in [7, 11) is 3.15. The number of fused-ring (bicyclic) bond motifs is 1. The third-order valence-corrected chi connectivity index (χ3v) is 8.88. The van der Waals surface area contributed by atoms with Crippen LogP contribution in [0.4, 0.5) is 0 Å². The maximum atomic E-state index is 14.1. The lowest BCUT2D eigenvalue weighted by Gasteiger charge is -2.25. The molecule has 0 aliphatic carbocycles. The van der Waals surface area contributed by atoms with E-state index in [2.05, 4.69) is 27.6 Å². The summed E-state index contributed by atoms with van der Waals surface area (Å²) < 4.78 is 31.4. The topological polar surface area (TPSA) is 97.6 Å². The summed E-state index contributed by atoms with van der Waals surface area (Å²) in [6.07, 6.45) is 1.80. The van der Waals surface area contributed by atoms with Crippen LogP contribution < -0.4 is 33.8 Å². The Hall–Kier alpha value is -4.10. The molecule has 1 atom stereocenters. The Kier molecular flexibility index (Phi) is 10.3. The first-order chi connectivity index (χ1) is 21.8. The molecular weight excluding hydrogens is 707 g/mol. The SMILES string of the molecule is CCOC(=O)C1=C(C)N=c2s/c(=C\c3cc(I)c(OCc4ccccc4)c(OC)c3)c(=O)n2[C@H]1c1ccc(OC)c(OCC)c1. The van der Waals surface area contributed by atoms with E-state index < -0.39 is 12.0 Å². The van der Waals surface area contributed by atoms with E-state index >= 15 is 0 Å². The zero-order chi connectivity index (χ0) is 32.1. The minimum atomic E-state index is -0.781. The standard InChI is InChI=1S/C34H33IN2O7S/c1-6-42-26-18-23(13-14-25(26)40-4)30-29(33(39)43-7-2)20(3)36-34-37(30)32(38)28(45-34)17-22-15-24(35)31(27(16-22)41-5)44-19-21-11-9-8-10-12-21/h8-18,30H,6-7,19H2,1-5H3/b28-17-/t30-/m0/s1. The van der Waals surface area contributed by atoms with Crippen molar-refractivity contribution in [1.29, 1.82) is 0 Å². The Morgan fingerprint density at radius 3 is 2.42 bits per heavy atom. The molecule has 2 heterocycles. The molecule has 11 heteroatoms. The summed E-state index contributed by atoms with van der Waals surface area (Å²) in [5, 5.41) is 0. The number of allylic oxidation sites excluding steroid dienone is 1. The maximum Gasteiger partial charge on any atom is 0.338 e. The van der Waals surface area contributed by atoms with Gasteiger partial charge in [0.05, 0.1) is 52.8 Å². The Morgan fingerprint density at radius 2 is 1.73 bits per heavy atom. The van der Waals surface area contributed by atoms with E-state index in [1.807, 2.05) is 55.5 Å². The third kappa shape index (κ3) is 6.79. The number of esters is 1. The van der Waals surface area contributed by atoms with Crippen molar-refractivity contribution in [2.45, 2.75) is 33.4 Å². The smallest absolute Gasteiger partial charge is 0.338 e. The van der Waals surface area contributed by atoms with Gasteiger partial charge in [0.1, 0.15) is 6.61 Å². The first-order valence-corrected chi connectivity index (χ1v) is 16.2. The molecule has 0 saturated heterocycles. The number of carbonyl (C=O) groups excluding carboxylic acids is 1. The summed E-state index contributed by atoms with van der Waals surface area (Å²) in [4.78, 5) is 32.6. The third-order valence-electron chi connectivity index (χ3n) is 7.10. The van der Waals surface area contributed by atoms with Crippen LogP contribution in [0.2, 0.25) is 0 Å². The van der Waals surface area contributed by atoms with Crippen molar-refractivity contribution in [2.24, 2.45) is 4.99 Å². The van der Waals surface area contributed by atoms with Crippen molar-refractivity contribution >= 4 is 46.0 Å². The van der Waals surface area contributed by atoms with Gasteiger partial charge in [0.25, 0.3) is 5.56 Å². The van der Waals surface area contributed by atoms with Gasteiger partial charge in [0, 0.05) is 0 Å². The van der Waals surface area contributed by atoms with Crippen LogP contribution in [0.3, 0.4) is 0 Å². The summed E-state index contributed by atoms with van der Waals surface area (Å²) in [5.74, 6) is 1.70. The number of benzene rings is 3. The second-order valence-electron chi connectivity index (χ2n) is 9.95. The van der Waals surface area contributed by atoms with Gasteiger partial charge in [0.2, 0.25) is 0 Å². The van der Waals surface area contributed by atoms with Crippen LogP contribution in [0.25, 0.3) is 6.08 Å². The van der Waals surface area contributed by atoms with E-state index in [1.54, 1.807) is 50.8 Å². The lowest BCUT2D eigenvalue weighted by Crippen LogP contribution is -2.40. The zero-order valence-electron chi connectivity index (χ0n) is 25.6. The van der Waals surface area contributed by atoms with Gasteiger partial charge in [-0.25, -0.2) is 9.79 Å². The van der Waals surface area contributed by atoms with Crippen molar-refractivity contribution in [3.05, 3.63) is 112 Å². The minimum absolute atomic E-state index is 0.186. The average molecular weight is 741 g/mol. The molecule has 0 unspecified atom stereocenters. The van der Waals surface area contributed by atoms with Crippen molar-refractivity contribution in [3.63, 3.8) is 0 Å². The molecule has 234 valence electrons. The second-order valence-corrected chi connectivity index (χ2v) is 12.1. The number of ether oxygens (including phenoxy) is 5. The summed E-state index contributed by atoms with van der Waals surface area (Å²) in [6, 6.07) is 18.3. The van der Waals surface area contributed by atoms with Crippen LogP contribution in [0.5, 0.6) is 23.0 Å². The fourth-order valence-corrected chi connectivity index (χ4v) is 6.91. The average Bonchev–Trinajstić information content (AvgIpc) is 3.33. The van der Waals surface area contributed by atoms with E-state index in [4.69, 9.17) is 23.7 Å². The highest BCUT2D eigenvalue weighted by Gasteiger charge is 2.34. The highest BCUT2D eigenvalue weighted by Crippen LogP contribution is 2.37. The van der Waals surface area contributed by atoms with Crippen molar-refractivity contribution in [3.8, 4) is 23.0 Å². The Morgan fingerprint density at radius 1 is 0.978 bits per heavy atom. The summed E-state index contributed by atoms with van der Waals surface area (Å²) >= 11 is 3.46. The van der Waals surface area contributed by atoms with Gasteiger partial charge in [-0.05, 0) is 90.4 Å². The van der Waals surface area contributed by atoms with Gasteiger partial charge < -0.3 is 23.7 Å². The molecule has 9 nitrogen and oxygen atoms in total. The van der Waals surface area contributed by atoms with E-state index in [0.29, 0.717) is 62.4 Å². The van der Waals surface area contributed by atoms with Crippen LogP contribution in [-0.4, -0.2) is 38.0 Å². The molecule has 0 spiro atoms. The molecule has 5 rings (SSSR count). The van der Waals surface area contributed by atoms with Gasteiger partial charge in [-0.2, -0.15) is 0 Å². The van der Waals surface area contributed by atoms with Gasteiger partial charge in [-0.3, -0.25) is 9.36 Å². The van der Waals surface area contributed by atoms with Crippen LogP contribution in [-0.2, 0) is 16.1 Å². The number of rotatable bonds is 11. The molecular formula is C34H33IN2O7S. The number of hydrogen-bond acceptors (Lipinski definition) is 9. The predicted molar refractivity (Wildman–Crippen MR) is 181 cm³/mol. The number of hydrogen-bond donors (Lipinski definition) is 0. The highest BCUT2D eigenvalue weighted by atomic mass is 127. The minimum Gasteiger partial charge on any atom is -0.493 e. The molecule has 1 aliphatic heterocycles. The van der Waals surface area contributed by atoms with E-state index in [1.165, 1.54) is 11.3 Å². The number of nitrogens with zero attached hydrogens (tertiary/aromatic N) is 2. The first kappa shape index (κ1) is 32.3. The van der Waals surface area contributed by atoms with E-state index in [-0.39, 0.29) is 12.2 Å². The summed E-state index contributed by atoms with van der Waals surface area (Å²) in [5.41, 5.74) is 2.95. The Bertz CT molecular complexity index is 1930. The molecule has 0 bridgehead atoms. The second kappa shape index (κ2) is 14.3. The molecule has 0 radical (unpaired) electrons. The number of aromatic nitrogens is 1. The molecule has 1 aliphatic rings. The fourth-order valence-electron chi connectivity index (χ4n) is 5.08. The normalized spacial score (nSPS) is 14.4. The molecule has 0 amide bonds. The van der Waals surface area contributed by atoms with Crippen molar-refractivity contribution < 1.29 is 28.5 Å². The van der Waals surface area contributed by atoms with Gasteiger partial charge in [-0.15, -0.1) is 0 Å². The number of carbonyl (C=O) groups is 1. The lowest BCUT2D eigenvalue weighted by atomic mass is 9.95. The van der Waals surface area contributed by atoms with Crippen LogP contribution in [0.1, 0.15) is 43.5 Å². The first-order valence-electron chi connectivity index (χ1n) is 14.3. The zero-order valence-corrected chi connectivity index (χ0v) is 28.6. The Labute approximate surface area is 278 Å². The largest absolute Gasteiger partial charge is 0.493 e. The quantitative estimate of drug-likeness (QED) is 0.150. The number of thiazole rings is 1. The monoisotopic (exact) mass is 740 g/mol. The molecule has 0 saturated carbocycles. The number of halogens is 1. The van der Waals surface area contributed by atoms with Gasteiger partial charge >= 0.3 is 5.97 Å². The predicted octanol–water partition coefficient (Wildman–Crippen LogP) is 5.40. The summed E-state index contributed by atoms with van der Waals surface area (Å²) in [6.45, 7) is 6.37. The molecule has 0 N–H and O–H groups in total. The van der Waals surface area contributed by atoms with Gasteiger partial charge in [0.15, 0.2) is 27.8 Å². The fraction of sp³-hybridized carbons (Fsp3) is 0.265. The van der Waals surface area contributed by atoms with Gasteiger partial charge in [-0.1, -0.05) is 47.7 Å². The molecule has 4 aromatic rings.